The Bertz CT molecular complexity index is 448. The summed E-state index contributed by atoms with van der Waals surface area (Å²) in [6.07, 6.45) is 0. The molecular formula is C12H21N2O2S+. The zero-order chi connectivity index (χ0) is 13.1. The van der Waals surface area contributed by atoms with Gasteiger partial charge in [-0.1, -0.05) is 26.0 Å². The minimum Gasteiger partial charge on any atom is -0.352 e. The smallest absolute Gasteiger partial charge is 0.243 e. The zero-order valence-corrected chi connectivity index (χ0v) is 11.5. The minimum atomic E-state index is -3.33. The van der Waals surface area contributed by atoms with Gasteiger partial charge in [-0.2, -0.15) is 4.31 Å². The molecule has 0 fully saturated rings. The third-order valence-corrected chi connectivity index (χ3v) is 4.86. The standard InChI is InChI=1S/C12H20N2O2S/c1-4-14(5-2)17(15,16)12-8-6-11(7-9-12)10(3)13/h6-10H,4-5,13H2,1-3H3/p+1/t10-/m0/s1. The quantitative estimate of drug-likeness (QED) is 0.856. The van der Waals surface area contributed by atoms with Crippen molar-refractivity contribution in [2.45, 2.75) is 31.7 Å². The molecule has 17 heavy (non-hydrogen) atoms. The Labute approximate surface area is 103 Å². The number of benzene rings is 1. The number of rotatable bonds is 5. The molecule has 0 amide bonds. The SMILES string of the molecule is CCN(CC)S(=O)(=O)c1ccc([C@H](C)[NH3+])cc1. The van der Waals surface area contributed by atoms with Crippen LogP contribution in [0.5, 0.6) is 0 Å². The minimum absolute atomic E-state index is 0.167. The van der Waals surface area contributed by atoms with Crippen LogP contribution in [0.2, 0.25) is 0 Å². The summed E-state index contributed by atoms with van der Waals surface area (Å²) in [6.45, 7) is 6.65. The average Bonchev–Trinajstić information content (AvgIpc) is 2.30. The first-order valence-corrected chi connectivity index (χ1v) is 7.30. The lowest BCUT2D eigenvalue weighted by molar-refractivity contribution is -0.420. The summed E-state index contributed by atoms with van der Waals surface area (Å²) in [6, 6.07) is 7.14. The molecule has 0 aliphatic heterocycles. The second-order valence-corrected chi connectivity index (χ2v) is 6.00. The Morgan fingerprint density at radius 2 is 1.65 bits per heavy atom. The fraction of sp³-hybridized carbons (Fsp3) is 0.500. The molecule has 0 aliphatic carbocycles. The molecule has 0 aliphatic rings. The van der Waals surface area contributed by atoms with Crippen LogP contribution < -0.4 is 5.73 Å². The van der Waals surface area contributed by atoms with E-state index in [9.17, 15) is 8.42 Å². The molecule has 0 bridgehead atoms. The fourth-order valence-corrected chi connectivity index (χ4v) is 3.14. The topological polar surface area (TPSA) is 65.0 Å². The van der Waals surface area contributed by atoms with E-state index in [-0.39, 0.29) is 6.04 Å². The van der Waals surface area contributed by atoms with Gasteiger partial charge in [0.2, 0.25) is 10.0 Å². The van der Waals surface area contributed by atoms with Crippen molar-refractivity contribution in [3.63, 3.8) is 0 Å². The van der Waals surface area contributed by atoms with Gasteiger partial charge in [0.25, 0.3) is 0 Å². The zero-order valence-electron chi connectivity index (χ0n) is 10.7. The number of nitrogens with zero attached hydrogens (tertiary/aromatic N) is 1. The molecule has 0 saturated carbocycles. The van der Waals surface area contributed by atoms with Crippen LogP contribution >= 0.6 is 0 Å². The molecule has 0 saturated heterocycles. The van der Waals surface area contributed by atoms with Crippen molar-refractivity contribution in [1.82, 2.24) is 4.31 Å². The van der Waals surface area contributed by atoms with E-state index in [2.05, 4.69) is 5.73 Å². The van der Waals surface area contributed by atoms with Crippen molar-refractivity contribution >= 4 is 10.0 Å². The van der Waals surface area contributed by atoms with Crippen LogP contribution in [0.1, 0.15) is 32.4 Å². The molecule has 1 aromatic carbocycles. The first-order valence-electron chi connectivity index (χ1n) is 5.86. The monoisotopic (exact) mass is 257 g/mol. The summed E-state index contributed by atoms with van der Waals surface area (Å²) in [5, 5.41) is 0. The number of hydrogen-bond donors (Lipinski definition) is 1. The second kappa shape index (κ2) is 5.62. The molecule has 4 nitrogen and oxygen atoms in total. The predicted molar refractivity (Wildman–Crippen MR) is 67.9 cm³/mol. The molecule has 3 N–H and O–H groups in total. The molecule has 1 rings (SSSR count). The maximum atomic E-state index is 12.2. The van der Waals surface area contributed by atoms with Crippen molar-refractivity contribution < 1.29 is 14.2 Å². The third kappa shape index (κ3) is 3.06. The van der Waals surface area contributed by atoms with Gasteiger partial charge in [0, 0.05) is 18.7 Å². The van der Waals surface area contributed by atoms with E-state index in [4.69, 9.17) is 0 Å². The van der Waals surface area contributed by atoms with Crippen molar-refractivity contribution in [2.24, 2.45) is 0 Å². The van der Waals surface area contributed by atoms with Gasteiger partial charge in [0.15, 0.2) is 0 Å². The highest BCUT2D eigenvalue weighted by atomic mass is 32.2. The normalized spacial score (nSPS) is 13.9. The van der Waals surface area contributed by atoms with E-state index in [0.29, 0.717) is 18.0 Å². The van der Waals surface area contributed by atoms with Crippen molar-refractivity contribution in [2.75, 3.05) is 13.1 Å². The van der Waals surface area contributed by atoms with Gasteiger partial charge in [-0.15, -0.1) is 0 Å². The van der Waals surface area contributed by atoms with E-state index in [1.807, 2.05) is 32.9 Å². The van der Waals surface area contributed by atoms with Crippen LogP contribution in [0.3, 0.4) is 0 Å². The van der Waals surface area contributed by atoms with E-state index in [1.54, 1.807) is 12.1 Å². The van der Waals surface area contributed by atoms with Crippen LogP contribution in [0.15, 0.2) is 29.2 Å². The largest absolute Gasteiger partial charge is 0.352 e. The van der Waals surface area contributed by atoms with Crippen LogP contribution in [-0.4, -0.2) is 25.8 Å². The number of hydrogen-bond acceptors (Lipinski definition) is 2. The van der Waals surface area contributed by atoms with Gasteiger partial charge in [-0.25, -0.2) is 8.42 Å². The molecule has 0 aromatic heterocycles. The highest BCUT2D eigenvalue weighted by molar-refractivity contribution is 7.89. The summed E-state index contributed by atoms with van der Waals surface area (Å²) in [5.74, 6) is 0. The lowest BCUT2D eigenvalue weighted by atomic mass is 10.1. The van der Waals surface area contributed by atoms with Crippen molar-refractivity contribution in [1.29, 1.82) is 0 Å². The Morgan fingerprint density at radius 1 is 1.18 bits per heavy atom. The van der Waals surface area contributed by atoms with Gasteiger partial charge in [-0.3, -0.25) is 0 Å². The molecular weight excluding hydrogens is 236 g/mol. The molecule has 0 unspecified atom stereocenters. The van der Waals surface area contributed by atoms with Crippen LogP contribution in [-0.2, 0) is 10.0 Å². The van der Waals surface area contributed by atoms with Crippen molar-refractivity contribution in [3.8, 4) is 0 Å². The summed E-state index contributed by atoms with van der Waals surface area (Å²) in [4.78, 5) is 0.352. The van der Waals surface area contributed by atoms with Gasteiger partial charge >= 0.3 is 0 Å². The van der Waals surface area contributed by atoms with Crippen LogP contribution in [0.25, 0.3) is 0 Å². The molecule has 0 heterocycles. The van der Waals surface area contributed by atoms with Gasteiger partial charge in [0.05, 0.1) is 4.90 Å². The van der Waals surface area contributed by atoms with E-state index in [0.717, 1.165) is 5.56 Å². The fourth-order valence-electron chi connectivity index (χ4n) is 1.68. The van der Waals surface area contributed by atoms with Crippen molar-refractivity contribution in [3.05, 3.63) is 29.8 Å². The van der Waals surface area contributed by atoms with Gasteiger partial charge < -0.3 is 5.73 Å². The Balaban J connectivity index is 3.08. The average molecular weight is 257 g/mol. The van der Waals surface area contributed by atoms with E-state index < -0.39 is 10.0 Å². The van der Waals surface area contributed by atoms with Crippen LogP contribution in [0.4, 0.5) is 0 Å². The molecule has 1 atom stereocenters. The van der Waals surface area contributed by atoms with Crippen LogP contribution in [0, 0.1) is 0 Å². The highest BCUT2D eigenvalue weighted by Gasteiger charge is 2.21. The molecule has 0 radical (unpaired) electrons. The van der Waals surface area contributed by atoms with E-state index >= 15 is 0 Å². The highest BCUT2D eigenvalue weighted by Crippen LogP contribution is 2.17. The second-order valence-electron chi connectivity index (χ2n) is 4.06. The Hall–Kier alpha value is -0.910. The number of quaternary nitrogens is 1. The first kappa shape index (κ1) is 14.2. The molecule has 1 aromatic rings. The molecule has 96 valence electrons. The maximum Gasteiger partial charge on any atom is 0.243 e. The maximum absolute atomic E-state index is 12.2. The number of sulfonamides is 1. The molecule has 5 heteroatoms. The summed E-state index contributed by atoms with van der Waals surface area (Å²) in [5.41, 5.74) is 4.95. The predicted octanol–water partition coefficient (Wildman–Crippen LogP) is 1.02. The Morgan fingerprint density at radius 3 is 2.00 bits per heavy atom. The first-order chi connectivity index (χ1) is 7.93. The van der Waals surface area contributed by atoms with E-state index in [1.165, 1.54) is 4.31 Å². The van der Waals surface area contributed by atoms with Gasteiger partial charge in [-0.05, 0) is 19.1 Å². The van der Waals surface area contributed by atoms with Gasteiger partial charge in [0.1, 0.15) is 6.04 Å². The third-order valence-electron chi connectivity index (χ3n) is 2.79. The Kier molecular flexibility index (Phi) is 4.68. The lowest BCUT2D eigenvalue weighted by Gasteiger charge is -2.18. The summed E-state index contributed by atoms with van der Waals surface area (Å²) >= 11 is 0. The summed E-state index contributed by atoms with van der Waals surface area (Å²) in [7, 11) is -3.33. The lowest BCUT2D eigenvalue weighted by Crippen LogP contribution is -2.51. The summed E-state index contributed by atoms with van der Waals surface area (Å²) < 4.78 is 25.8. The molecule has 0 spiro atoms.